The van der Waals surface area contributed by atoms with Crippen molar-refractivity contribution in [1.29, 1.82) is 0 Å². The van der Waals surface area contributed by atoms with Gasteiger partial charge in [-0.2, -0.15) is 4.39 Å². The van der Waals surface area contributed by atoms with Crippen LogP contribution in [0.3, 0.4) is 0 Å². The van der Waals surface area contributed by atoms with Gasteiger partial charge in [0.2, 0.25) is 0 Å². The number of Topliss-reactive ketones (excluding diaryl/α,β-unsaturated/α-hetero) is 1. The van der Waals surface area contributed by atoms with Crippen LogP contribution in [-0.2, 0) is 33.3 Å². The summed E-state index contributed by atoms with van der Waals surface area (Å²) < 4.78 is 52.3. The van der Waals surface area contributed by atoms with E-state index in [0.29, 0.717) is 38.9 Å². The summed E-state index contributed by atoms with van der Waals surface area (Å²) in [6.07, 6.45) is 12.0. The van der Waals surface area contributed by atoms with E-state index >= 15 is 4.39 Å². The maximum Gasteiger partial charge on any atom is 0.404 e. The molecular weight excluding hydrogens is 543 g/mol. The number of benzene rings is 1. The second-order valence-electron chi connectivity index (χ2n) is 10.9. The van der Waals surface area contributed by atoms with Crippen molar-refractivity contribution in [3.63, 3.8) is 0 Å². The van der Waals surface area contributed by atoms with E-state index in [1.807, 2.05) is 0 Å². The molecule has 8 nitrogen and oxygen atoms in total. The minimum absolute atomic E-state index is 0.0654. The van der Waals surface area contributed by atoms with Gasteiger partial charge < -0.3 is 28.4 Å². The van der Waals surface area contributed by atoms with Crippen LogP contribution in [0.15, 0.2) is 60.4 Å². The van der Waals surface area contributed by atoms with Gasteiger partial charge in [-0.15, -0.1) is 5.73 Å². The number of ether oxygens (including phenoxy) is 6. The number of allylic oxidation sites excluding steroid dienone is 2. The zero-order valence-electron chi connectivity index (χ0n) is 24.6. The largest absolute Gasteiger partial charge is 0.464 e. The molecule has 5 atom stereocenters. The number of esters is 1. The van der Waals surface area contributed by atoms with Gasteiger partial charge in [0.25, 0.3) is 5.79 Å². The molecule has 1 aliphatic carbocycles. The zero-order chi connectivity index (χ0) is 29.8. The van der Waals surface area contributed by atoms with Crippen LogP contribution in [0.1, 0.15) is 71.1 Å². The molecule has 1 saturated carbocycles. The molecule has 2 aliphatic heterocycles. The molecule has 9 heteroatoms. The van der Waals surface area contributed by atoms with Gasteiger partial charge >= 0.3 is 11.8 Å². The Morgan fingerprint density at radius 3 is 2.29 bits per heavy atom. The standard InChI is InChI=1S/C33H43FO8/c1-3-4-14-25-20-21-28(35)27(25)17-8-11-22-32(41-29-18-9-12-23-38-29,42-30-19-10-13-24-39-30)33(34,31(36)37-2)40-26-15-6-5-7-16-26/h4-8,14-16,22,25,27,29-30H,3,9-10,12-13,17-21,23-24H2,1-2H3/b14-4+/t11?,25-,27+,29?,30?,32?,33?/m0/s1/i41+0,42+0. The fourth-order valence-corrected chi connectivity index (χ4v) is 5.52. The summed E-state index contributed by atoms with van der Waals surface area (Å²) in [5.74, 6) is -6.99. The lowest BCUT2D eigenvalue weighted by atomic mass is 9.91. The first kappa shape index (κ1) is 32.1. The second kappa shape index (κ2) is 15.6. The topological polar surface area (TPSA) is 89.5 Å². The smallest absolute Gasteiger partial charge is 0.404 e. The highest BCUT2D eigenvalue weighted by Gasteiger charge is 2.66. The van der Waals surface area contributed by atoms with Gasteiger partial charge in [0.15, 0.2) is 12.6 Å². The first-order valence-electron chi connectivity index (χ1n) is 15.1. The van der Waals surface area contributed by atoms with Crippen LogP contribution in [0.2, 0.25) is 0 Å². The van der Waals surface area contributed by atoms with E-state index < -0.39 is 30.2 Å². The Hall–Kier alpha value is -2.81. The fraction of sp³-hybridized carbons (Fsp3) is 0.606. The summed E-state index contributed by atoms with van der Waals surface area (Å²) in [7, 11) is 1.07. The fourth-order valence-electron chi connectivity index (χ4n) is 5.52. The first-order valence-corrected chi connectivity index (χ1v) is 15.1. The lowest BCUT2D eigenvalue weighted by molar-refractivity contribution is -0.397. The Bertz CT molecular complexity index is 1080. The molecule has 0 bridgehead atoms. The van der Waals surface area contributed by atoms with Crippen molar-refractivity contribution < 1.29 is 42.4 Å². The highest BCUT2D eigenvalue weighted by Crippen LogP contribution is 2.41. The summed E-state index contributed by atoms with van der Waals surface area (Å²) in [6.45, 7) is 2.88. The highest BCUT2D eigenvalue weighted by atomic mass is 19.2. The van der Waals surface area contributed by atoms with Crippen LogP contribution in [-0.4, -0.2) is 56.3 Å². The van der Waals surface area contributed by atoms with Crippen LogP contribution in [0.25, 0.3) is 0 Å². The van der Waals surface area contributed by atoms with Crippen LogP contribution < -0.4 is 4.74 Å². The number of para-hydroxylation sites is 1. The molecule has 0 radical (unpaired) electrons. The number of rotatable bonds is 13. The van der Waals surface area contributed by atoms with Crippen molar-refractivity contribution in [3.8, 4) is 5.75 Å². The molecule has 4 rings (SSSR count). The first-order chi connectivity index (χ1) is 20.4. The normalized spacial score (nSPS) is 27.5. The van der Waals surface area contributed by atoms with Crippen molar-refractivity contribution in [2.75, 3.05) is 20.3 Å². The van der Waals surface area contributed by atoms with Gasteiger partial charge in [-0.1, -0.05) is 37.3 Å². The summed E-state index contributed by atoms with van der Waals surface area (Å²) in [6, 6.07) is 8.09. The molecule has 0 aromatic heterocycles. The minimum Gasteiger partial charge on any atom is -0.464 e. The van der Waals surface area contributed by atoms with Crippen molar-refractivity contribution in [2.45, 2.75) is 95.4 Å². The molecule has 3 aliphatic rings. The lowest BCUT2D eigenvalue weighted by Crippen LogP contribution is -2.64. The molecule has 1 aromatic rings. The minimum atomic E-state index is -3.32. The van der Waals surface area contributed by atoms with Gasteiger partial charge in [-0.05, 0) is 81.9 Å². The van der Waals surface area contributed by atoms with Crippen LogP contribution in [0.4, 0.5) is 4.39 Å². The molecule has 42 heavy (non-hydrogen) atoms. The molecule has 2 heterocycles. The quantitative estimate of drug-likeness (QED) is 0.114. The summed E-state index contributed by atoms with van der Waals surface area (Å²) in [5.41, 5.74) is 2.98. The number of alkyl halides is 1. The van der Waals surface area contributed by atoms with E-state index in [4.69, 9.17) is 28.4 Å². The number of halogens is 1. The van der Waals surface area contributed by atoms with Gasteiger partial charge in [0, 0.05) is 31.6 Å². The Morgan fingerprint density at radius 1 is 1.05 bits per heavy atom. The highest BCUT2D eigenvalue weighted by molar-refractivity contribution is 5.84. The Morgan fingerprint density at radius 2 is 1.71 bits per heavy atom. The van der Waals surface area contributed by atoms with Crippen LogP contribution in [0, 0.1) is 11.8 Å². The van der Waals surface area contributed by atoms with Crippen molar-refractivity contribution in [3.05, 3.63) is 60.4 Å². The molecule has 3 fully saturated rings. The molecule has 2 saturated heterocycles. The Balaban J connectivity index is 1.76. The van der Waals surface area contributed by atoms with Crippen LogP contribution in [0.5, 0.6) is 5.75 Å². The average Bonchev–Trinajstić information content (AvgIpc) is 3.37. The molecular formula is C33H43FO8. The number of hydrogen-bond donors (Lipinski definition) is 0. The van der Waals surface area contributed by atoms with Gasteiger partial charge in [0.05, 0.1) is 7.11 Å². The SMILES string of the molecule is CC/C=C/[C@H]1CCC(=O)[C@@H]1CC=C=CC([16O]C1CCCCO1)([16O]C1CCCCO1)C(F)(Oc1ccccc1)C(=O)OC. The maximum atomic E-state index is 17.5. The van der Waals surface area contributed by atoms with Gasteiger partial charge in [-0.3, -0.25) is 4.79 Å². The third-order valence-electron chi connectivity index (χ3n) is 7.82. The number of hydrogen-bond acceptors (Lipinski definition) is 8. The summed E-state index contributed by atoms with van der Waals surface area (Å²) in [5, 5.41) is 0. The molecule has 0 N–H and O–H groups in total. The predicted molar refractivity (Wildman–Crippen MR) is 153 cm³/mol. The zero-order valence-corrected chi connectivity index (χ0v) is 24.6. The van der Waals surface area contributed by atoms with E-state index in [1.165, 1.54) is 18.2 Å². The number of methoxy groups -OCH3 is 1. The number of ketones is 1. The summed E-state index contributed by atoms with van der Waals surface area (Å²) >= 11 is 0. The molecule has 0 amide bonds. The third-order valence-corrected chi connectivity index (χ3v) is 7.82. The average molecular weight is 587 g/mol. The van der Waals surface area contributed by atoms with Crippen molar-refractivity contribution in [1.82, 2.24) is 0 Å². The van der Waals surface area contributed by atoms with Crippen molar-refractivity contribution >= 4 is 11.8 Å². The molecule has 3 unspecified atom stereocenters. The molecule has 230 valence electrons. The maximum absolute atomic E-state index is 17.5. The van der Waals surface area contributed by atoms with Crippen molar-refractivity contribution in [2.24, 2.45) is 11.8 Å². The van der Waals surface area contributed by atoms with E-state index in [9.17, 15) is 9.59 Å². The van der Waals surface area contributed by atoms with E-state index in [-0.39, 0.29) is 23.4 Å². The van der Waals surface area contributed by atoms with Crippen LogP contribution >= 0.6 is 0 Å². The second-order valence-corrected chi connectivity index (χ2v) is 10.9. The predicted octanol–water partition coefficient (Wildman–Crippen LogP) is 6.35. The Kier molecular flexibility index (Phi) is 11.9. The van der Waals surface area contributed by atoms with E-state index in [2.05, 4.69) is 24.8 Å². The van der Waals surface area contributed by atoms with E-state index in [0.717, 1.165) is 45.6 Å². The molecule has 0 spiro atoms. The lowest BCUT2D eigenvalue weighted by Gasteiger charge is -2.43. The Labute approximate surface area is 247 Å². The molecule has 1 aromatic carbocycles. The number of carbonyl (C=O) groups excluding carboxylic acids is 2. The summed E-state index contributed by atoms with van der Waals surface area (Å²) in [4.78, 5) is 26.0. The van der Waals surface area contributed by atoms with Gasteiger partial charge in [0.1, 0.15) is 11.5 Å². The van der Waals surface area contributed by atoms with Gasteiger partial charge in [-0.25, -0.2) is 4.79 Å². The van der Waals surface area contributed by atoms with E-state index in [1.54, 1.807) is 24.3 Å². The third kappa shape index (κ3) is 7.97. The number of carbonyl (C=O) groups is 2. The monoisotopic (exact) mass is 586 g/mol.